The molecule has 0 aliphatic carbocycles. The highest BCUT2D eigenvalue weighted by atomic mass is 16.5. The van der Waals surface area contributed by atoms with Gasteiger partial charge in [-0.2, -0.15) is 0 Å². The van der Waals surface area contributed by atoms with Gasteiger partial charge in [-0.25, -0.2) is 19.6 Å². The average Bonchev–Trinajstić information content (AvgIpc) is 3.86. The predicted molar refractivity (Wildman–Crippen MR) is 241 cm³/mol. The Hall–Kier alpha value is -6.04. The molecule has 12 heteroatoms. The molecule has 5 heterocycles. The van der Waals surface area contributed by atoms with Crippen LogP contribution in [-0.4, -0.2) is 70.0 Å². The number of aromatic nitrogens is 4. The van der Waals surface area contributed by atoms with Crippen molar-refractivity contribution in [3.63, 3.8) is 0 Å². The molecule has 0 aromatic carbocycles. The topological polar surface area (TPSA) is 168 Å². The minimum absolute atomic E-state index is 0.105. The number of rotatable bonds is 16. The number of H-pyrrole nitrogens is 2. The molecule has 5 rings (SSSR count). The van der Waals surface area contributed by atoms with Crippen molar-refractivity contribution in [2.24, 2.45) is 11.8 Å². The standard InChI is InChI=1S/C48H60N6O6/c1-13-31-27(7)35-21-36-29(9)33(15-17-45(55)53-43(19-25(3)4)47(57)59-11)41(51-36)24-42-34(16-18-46(56)54-44(20-26(5)6)48(58)60-12)30(10)38(52-42)23-40-32(14-2)28(8)37(50-40)22-39(31)49-35/h13-14,21-26,43-44,49-50H,1-2,15-20H2,3-12H3,(H,53,55)(H,54,56)/t43-,44-/m0/s1. The van der Waals surface area contributed by atoms with Crippen molar-refractivity contribution in [3.05, 3.63) is 82.5 Å². The van der Waals surface area contributed by atoms with Gasteiger partial charge in [0.25, 0.3) is 0 Å². The molecule has 0 spiro atoms. The molecule has 12 nitrogen and oxygen atoms in total. The number of carbonyl (C=O) groups is 4. The van der Waals surface area contributed by atoms with Crippen LogP contribution < -0.4 is 10.6 Å². The minimum Gasteiger partial charge on any atom is -0.467 e. The fraction of sp³-hybridized carbons (Fsp3) is 0.417. The van der Waals surface area contributed by atoms with Crippen LogP contribution in [0.4, 0.5) is 0 Å². The molecule has 3 aromatic heterocycles. The van der Waals surface area contributed by atoms with Crippen LogP contribution in [0.3, 0.4) is 0 Å². The number of methoxy groups -OCH3 is 2. The van der Waals surface area contributed by atoms with Gasteiger partial charge >= 0.3 is 11.9 Å². The molecule has 2 aliphatic rings. The van der Waals surface area contributed by atoms with Crippen LogP contribution in [0.25, 0.3) is 56.5 Å². The highest BCUT2D eigenvalue weighted by Crippen LogP contribution is 2.38. The summed E-state index contributed by atoms with van der Waals surface area (Å²) >= 11 is 0. The van der Waals surface area contributed by atoms with Gasteiger partial charge in [-0.15, -0.1) is 0 Å². The summed E-state index contributed by atoms with van der Waals surface area (Å²) in [6.45, 7) is 24.3. The lowest BCUT2D eigenvalue weighted by atomic mass is 9.97. The second kappa shape index (κ2) is 19.4. The van der Waals surface area contributed by atoms with Gasteiger partial charge in [0.15, 0.2) is 0 Å². The Kier molecular flexibility index (Phi) is 14.5. The van der Waals surface area contributed by atoms with Crippen molar-refractivity contribution in [2.75, 3.05) is 14.2 Å². The summed E-state index contributed by atoms with van der Waals surface area (Å²) in [6.07, 6.45) is 5.48. The van der Waals surface area contributed by atoms with Gasteiger partial charge in [-0.3, -0.25) is 9.59 Å². The van der Waals surface area contributed by atoms with Crippen molar-refractivity contribution in [2.45, 2.75) is 106 Å². The summed E-state index contributed by atoms with van der Waals surface area (Å²) in [5.74, 6) is -1.17. The Morgan fingerprint density at radius 1 is 0.617 bits per heavy atom. The third-order valence-electron chi connectivity index (χ3n) is 11.3. The van der Waals surface area contributed by atoms with E-state index in [0.29, 0.717) is 42.8 Å². The van der Waals surface area contributed by atoms with Crippen LogP contribution in [0.1, 0.15) is 125 Å². The molecule has 0 saturated carbocycles. The highest BCUT2D eigenvalue weighted by Gasteiger charge is 2.27. The maximum Gasteiger partial charge on any atom is 0.328 e. The van der Waals surface area contributed by atoms with E-state index in [0.717, 1.165) is 72.3 Å². The zero-order chi connectivity index (χ0) is 44.0. The zero-order valence-electron chi connectivity index (χ0n) is 36.8. The van der Waals surface area contributed by atoms with Crippen LogP contribution in [0, 0.1) is 25.7 Å². The monoisotopic (exact) mass is 816 g/mol. The number of fused-ring (bicyclic) bond motifs is 8. The molecule has 2 aliphatic heterocycles. The third-order valence-corrected chi connectivity index (χ3v) is 11.3. The van der Waals surface area contributed by atoms with Crippen LogP contribution >= 0.6 is 0 Å². The average molecular weight is 817 g/mol. The molecule has 2 amide bonds. The Morgan fingerprint density at radius 2 is 1.00 bits per heavy atom. The maximum atomic E-state index is 13.4. The van der Waals surface area contributed by atoms with Crippen LogP contribution in [0.15, 0.2) is 37.4 Å². The lowest BCUT2D eigenvalue weighted by Crippen LogP contribution is -2.42. The first-order valence-corrected chi connectivity index (χ1v) is 20.7. The smallest absolute Gasteiger partial charge is 0.328 e. The van der Waals surface area contributed by atoms with Crippen LogP contribution in [0.5, 0.6) is 0 Å². The number of amides is 2. The van der Waals surface area contributed by atoms with E-state index in [1.807, 2.05) is 78.8 Å². The van der Waals surface area contributed by atoms with Crippen molar-refractivity contribution < 1.29 is 28.7 Å². The number of nitrogens with zero attached hydrogens (tertiary/aromatic N) is 2. The number of allylic oxidation sites excluding steroid dienone is 4. The van der Waals surface area contributed by atoms with Gasteiger partial charge in [0.2, 0.25) is 11.8 Å². The van der Waals surface area contributed by atoms with Crippen molar-refractivity contribution in [1.82, 2.24) is 30.6 Å². The van der Waals surface area contributed by atoms with E-state index in [1.165, 1.54) is 14.2 Å². The molecular formula is C48H60N6O6. The van der Waals surface area contributed by atoms with Gasteiger partial charge in [0, 0.05) is 46.0 Å². The Labute approximate surface area is 353 Å². The van der Waals surface area contributed by atoms with Gasteiger partial charge in [0.05, 0.1) is 37.0 Å². The van der Waals surface area contributed by atoms with Crippen molar-refractivity contribution >= 4 is 80.3 Å². The number of esters is 2. The molecule has 3 aromatic rings. The van der Waals surface area contributed by atoms with Gasteiger partial charge in [-0.05, 0) is 123 Å². The normalized spacial score (nSPS) is 13.7. The van der Waals surface area contributed by atoms with Crippen LogP contribution in [-0.2, 0) is 28.7 Å². The molecule has 318 valence electrons. The Morgan fingerprint density at radius 3 is 1.38 bits per heavy atom. The first kappa shape index (κ1) is 45.1. The number of aryl methyl sites for hydroxylation is 2. The number of hydrogen-bond acceptors (Lipinski definition) is 8. The van der Waals surface area contributed by atoms with E-state index >= 15 is 0 Å². The van der Waals surface area contributed by atoms with E-state index < -0.39 is 24.0 Å². The number of nitrogens with one attached hydrogen (secondary N) is 4. The van der Waals surface area contributed by atoms with E-state index in [-0.39, 0.29) is 36.5 Å². The fourth-order valence-electron chi connectivity index (χ4n) is 7.97. The maximum absolute atomic E-state index is 13.4. The lowest BCUT2D eigenvalue weighted by Gasteiger charge is -2.18. The molecule has 0 unspecified atom stereocenters. The second-order valence-corrected chi connectivity index (χ2v) is 16.5. The molecule has 8 bridgehead atoms. The minimum atomic E-state index is -0.751. The first-order valence-electron chi connectivity index (χ1n) is 20.7. The van der Waals surface area contributed by atoms with Crippen molar-refractivity contribution in [3.8, 4) is 0 Å². The predicted octanol–water partition coefficient (Wildman–Crippen LogP) is 9.05. The quantitative estimate of drug-likeness (QED) is 0.104. The summed E-state index contributed by atoms with van der Waals surface area (Å²) in [6, 6.07) is 6.53. The summed E-state index contributed by atoms with van der Waals surface area (Å²) < 4.78 is 9.97. The molecular weight excluding hydrogens is 757 g/mol. The number of carbonyl (C=O) groups excluding carboxylic acids is 4. The number of hydrogen-bond donors (Lipinski definition) is 4. The lowest BCUT2D eigenvalue weighted by molar-refractivity contribution is -0.145. The molecule has 60 heavy (non-hydrogen) atoms. The highest BCUT2D eigenvalue weighted by molar-refractivity contribution is 5.98. The molecule has 0 saturated heterocycles. The van der Waals surface area contributed by atoms with Gasteiger partial charge in [0.1, 0.15) is 12.1 Å². The molecule has 2 atom stereocenters. The molecule has 0 fully saturated rings. The summed E-state index contributed by atoms with van der Waals surface area (Å²) in [5, 5.41) is 5.77. The third kappa shape index (κ3) is 10.0. The zero-order valence-corrected chi connectivity index (χ0v) is 36.8. The van der Waals surface area contributed by atoms with Crippen LogP contribution in [0.2, 0.25) is 0 Å². The van der Waals surface area contributed by atoms with Crippen molar-refractivity contribution in [1.29, 1.82) is 0 Å². The van der Waals surface area contributed by atoms with Gasteiger partial charge < -0.3 is 30.1 Å². The van der Waals surface area contributed by atoms with E-state index in [2.05, 4.69) is 46.7 Å². The fourth-order valence-corrected chi connectivity index (χ4v) is 7.97. The number of aromatic amines is 2. The Balaban J connectivity index is 1.68. The summed E-state index contributed by atoms with van der Waals surface area (Å²) in [5.41, 5.74) is 13.7. The number of ether oxygens (including phenoxy) is 2. The first-order chi connectivity index (χ1) is 28.5. The second-order valence-electron chi connectivity index (χ2n) is 16.5. The summed E-state index contributed by atoms with van der Waals surface area (Å²) in [7, 11) is 2.64. The Bertz CT molecular complexity index is 2450. The van der Waals surface area contributed by atoms with Gasteiger partial charge in [-0.1, -0.05) is 53.0 Å². The van der Waals surface area contributed by atoms with E-state index in [9.17, 15) is 19.2 Å². The largest absolute Gasteiger partial charge is 0.467 e. The van der Waals surface area contributed by atoms with E-state index in [1.54, 1.807) is 0 Å². The van der Waals surface area contributed by atoms with E-state index in [4.69, 9.17) is 19.4 Å². The molecule has 0 radical (unpaired) electrons. The molecule has 4 N–H and O–H groups in total. The summed E-state index contributed by atoms with van der Waals surface area (Å²) in [4.78, 5) is 69.5. The SMILES string of the molecule is C=Cc1c(C)c2cc3[nH]c(cc4nc(cc5nc(cc1[nH]2)C(C)=C5CCC(=O)N[C@@H](CC(C)C)C(=O)OC)C(CCC(=O)N[C@@H](CC(C)C)C(=O)OC)=C4C)c(C)c3C=C.